The largest absolute Gasteiger partial charge is 0.456 e. The summed E-state index contributed by atoms with van der Waals surface area (Å²) in [5.74, 6) is -5.63. The first kappa shape index (κ1) is 13.8. The van der Waals surface area contributed by atoms with E-state index in [0.29, 0.717) is 0 Å². The molecule has 0 spiro atoms. The molecule has 0 saturated carbocycles. The molecule has 0 aromatic carbocycles. The topological polar surface area (TPSA) is 82.1 Å². The van der Waals surface area contributed by atoms with Crippen LogP contribution in [0.4, 0.5) is 8.78 Å². The zero-order valence-electron chi connectivity index (χ0n) is 9.18. The van der Waals surface area contributed by atoms with Gasteiger partial charge in [0.05, 0.1) is 6.61 Å². The van der Waals surface area contributed by atoms with Crippen LogP contribution in [0.2, 0.25) is 0 Å². The molecule has 8 heteroatoms. The fourth-order valence-electron chi connectivity index (χ4n) is 1.42. The molecule has 0 bridgehead atoms. The molecule has 0 aromatic rings. The summed E-state index contributed by atoms with van der Waals surface area (Å²) in [5.41, 5.74) is 0. The number of aliphatic hydroxyl groups excluding tert-OH is 1. The van der Waals surface area contributed by atoms with E-state index < -0.39 is 43.0 Å². The van der Waals surface area contributed by atoms with E-state index in [1.54, 1.807) is 0 Å². The molecule has 1 fully saturated rings. The van der Waals surface area contributed by atoms with Gasteiger partial charge in [0.15, 0.2) is 6.10 Å². The summed E-state index contributed by atoms with van der Waals surface area (Å²) in [7, 11) is 0. The summed E-state index contributed by atoms with van der Waals surface area (Å²) in [6.45, 7) is 1.48. The van der Waals surface area contributed by atoms with Crippen LogP contribution in [0.1, 0.15) is 13.8 Å². The highest BCUT2D eigenvalue weighted by Gasteiger charge is 2.58. The van der Waals surface area contributed by atoms with E-state index in [-0.39, 0.29) is 0 Å². The van der Waals surface area contributed by atoms with Gasteiger partial charge in [0, 0.05) is 13.8 Å². The van der Waals surface area contributed by atoms with Gasteiger partial charge in [-0.25, -0.2) is 0 Å². The monoisotopic (exact) mass is 254 g/mol. The fourth-order valence-corrected chi connectivity index (χ4v) is 1.42. The van der Waals surface area contributed by atoms with Gasteiger partial charge in [0.2, 0.25) is 12.4 Å². The molecular formula is C9H12F2O6. The lowest BCUT2D eigenvalue weighted by atomic mass is 10.0. The van der Waals surface area contributed by atoms with Gasteiger partial charge < -0.3 is 19.3 Å². The highest BCUT2D eigenvalue weighted by atomic mass is 19.3. The van der Waals surface area contributed by atoms with Crippen molar-refractivity contribution in [2.24, 2.45) is 0 Å². The van der Waals surface area contributed by atoms with Crippen LogP contribution in [0.5, 0.6) is 0 Å². The Morgan fingerprint density at radius 2 is 1.82 bits per heavy atom. The molecule has 3 atom stereocenters. The Balaban J connectivity index is 2.89. The van der Waals surface area contributed by atoms with Crippen molar-refractivity contribution < 1.29 is 37.7 Å². The molecule has 1 rings (SSSR count). The van der Waals surface area contributed by atoms with Crippen molar-refractivity contribution in [3.8, 4) is 0 Å². The summed E-state index contributed by atoms with van der Waals surface area (Å²) in [5, 5.41) is 8.97. The molecule has 0 aromatic heterocycles. The molecule has 1 saturated heterocycles. The fraction of sp³-hybridized carbons (Fsp3) is 0.778. The van der Waals surface area contributed by atoms with E-state index in [9.17, 15) is 18.4 Å². The lowest BCUT2D eigenvalue weighted by Gasteiger charge is -2.38. The Labute approximate surface area is 95.4 Å². The van der Waals surface area contributed by atoms with Gasteiger partial charge >= 0.3 is 17.9 Å². The number of halogens is 2. The Bertz CT molecular complexity index is 319. The van der Waals surface area contributed by atoms with Crippen LogP contribution in [0.15, 0.2) is 0 Å². The highest BCUT2D eigenvalue weighted by molar-refractivity contribution is 5.67. The molecule has 0 aliphatic carbocycles. The molecule has 0 radical (unpaired) electrons. The summed E-state index contributed by atoms with van der Waals surface area (Å²) in [4.78, 5) is 21.4. The maximum atomic E-state index is 13.5. The summed E-state index contributed by atoms with van der Waals surface area (Å²) in [6.07, 6.45) is -5.92. The number of esters is 2. The Hall–Kier alpha value is -1.28. The molecule has 0 amide bonds. The molecule has 6 nitrogen and oxygen atoms in total. The van der Waals surface area contributed by atoms with Crippen LogP contribution in [-0.2, 0) is 23.8 Å². The van der Waals surface area contributed by atoms with Gasteiger partial charge in [-0.15, -0.1) is 0 Å². The second kappa shape index (κ2) is 4.92. The van der Waals surface area contributed by atoms with Crippen molar-refractivity contribution in [3.05, 3.63) is 0 Å². The summed E-state index contributed by atoms with van der Waals surface area (Å²) in [6, 6.07) is 0. The number of carbonyl (C=O) groups is 2. The minimum atomic E-state index is -3.84. The molecule has 1 aliphatic rings. The molecule has 1 heterocycles. The van der Waals surface area contributed by atoms with Gasteiger partial charge in [0.1, 0.15) is 0 Å². The Kier molecular flexibility index (Phi) is 3.99. The number of aliphatic hydroxyl groups is 1. The van der Waals surface area contributed by atoms with Gasteiger partial charge in [-0.1, -0.05) is 0 Å². The number of alkyl halides is 2. The van der Waals surface area contributed by atoms with E-state index in [1.807, 2.05) is 0 Å². The first-order valence-corrected chi connectivity index (χ1v) is 4.77. The number of rotatable bonds is 2. The zero-order valence-corrected chi connectivity index (χ0v) is 9.18. The van der Waals surface area contributed by atoms with Gasteiger partial charge in [-0.05, 0) is 0 Å². The average Bonchev–Trinajstić information content (AvgIpc) is 2.17. The van der Waals surface area contributed by atoms with E-state index in [1.165, 1.54) is 0 Å². The maximum Gasteiger partial charge on any atom is 0.337 e. The number of ether oxygens (including phenoxy) is 3. The van der Waals surface area contributed by atoms with Crippen LogP contribution < -0.4 is 0 Å². The predicted molar refractivity (Wildman–Crippen MR) is 48.0 cm³/mol. The van der Waals surface area contributed by atoms with Gasteiger partial charge in [-0.2, -0.15) is 8.78 Å². The predicted octanol–water partition coefficient (Wildman–Crippen LogP) is -0.166. The minimum absolute atomic E-state index is 0.478. The number of hydrogen-bond acceptors (Lipinski definition) is 6. The first-order valence-electron chi connectivity index (χ1n) is 4.77. The zero-order chi connectivity index (χ0) is 13.2. The van der Waals surface area contributed by atoms with Crippen LogP contribution in [0.25, 0.3) is 0 Å². The molecule has 1 aliphatic heterocycles. The molecule has 17 heavy (non-hydrogen) atoms. The smallest absolute Gasteiger partial charge is 0.337 e. The van der Waals surface area contributed by atoms with Crippen molar-refractivity contribution in [1.82, 2.24) is 0 Å². The summed E-state index contributed by atoms with van der Waals surface area (Å²) >= 11 is 0. The van der Waals surface area contributed by atoms with Crippen molar-refractivity contribution in [2.75, 3.05) is 6.61 Å². The lowest BCUT2D eigenvalue weighted by Crippen LogP contribution is -2.60. The molecule has 1 N–H and O–H groups in total. The molecule has 98 valence electrons. The maximum absolute atomic E-state index is 13.5. The third-order valence-electron chi connectivity index (χ3n) is 2.07. The third kappa shape index (κ3) is 3.10. The van der Waals surface area contributed by atoms with Crippen molar-refractivity contribution >= 4 is 11.9 Å². The second-order valence-electron chi connectivity index (χ2n) is 3.54. The quantitative estimate of drug-likeness (QED) is 0.689. The van der Waals surface area contributed by atoms with Crippen molar-refractivity contribution in [2.45, 2.75) is 38.3 Å². The Morgan fingerprint density at radius 3 is 2.29 bits per heavy atom. The normalized spacial score (nSPS) is 31.7. The van der Waals surface area contributed by atoms with Gasteiger partial charge in [0.25, 0.3) is 0 Å². The van der Waals surface area contributed by atoms with Crippen LogP contribution >= 0.6 is 0 Å². The van der Waals surface area contributed by atoms with E-state index in [0.717, 1.165) is 13.8 Å². The lowest BCUT2D eigenvalue weighted by molar-refractivity contribution is -0.324. The van der Waals surface area contributed by atoms with E-state index in [2.05, 4.69) is 14.2 Å². The molecule has 1 unspecified atom stereocenters. The summed E-state index contributed by atoms with van der Waals surface area (Å²) < 4.78 is 40.3. The SMILES string of the molecule is CC(=O)O[C@H]1COC(O)C(F)(F)[C@H]1OC(C)=O. The van der Waals surface area contributed by atoms with Crippen LogP contribution in [-0.4, -0.2) is 48.1 Å². The van der Waals surface area contributed by atoms with Crippen molar-refractivity contribution in [3.63, 3.8) is 0 Å². The third-order valence-corrected chi connectivity index (χ3v) is 2.07. The number of carbonyl (C=O) groups excluding carboxylic acids is 2. The Morgan fingerprint density at radius 1 is 1.29 bits per heavy atom. The minimum Gasteiger partial charge on any atom is -0.456 e. The van der Waals surface area contributed by atoms with E-state index >= 15 is 0 Å². The first-order chi connectivity index (χ1) is 7.75. The van der Waals surface area contributed by atoms with Crippen LogP contribution in [0, 0.1) is 0 Å². The number of hydrogen-bond donors (Lipinski definition) is 1. The highest BCUT2D eigenvalue weighted by Crippen LogP contribution is 2.34. The van der Waals surface area contributed by atoms with Crippen molar-refractivity contribution in [1.29, 1.82) is 0 Å². The second-order valence-corrected chi connectivity index (χ2v) is 3.54. The van der Waals surface area contributed by atoms with Gasteiger partial charge in [-0.3, -0.25) is 9.59 Å². The average molecular weight is 254 g/mol. The molecular weight excluding hydrogens is 242 g/mol. The van der Waals surface area contributed by atoms with Crippen LogP contribution in [0.3, 0.4) is 0 Å². The van der Waals surface area contributed by atoms with E-state index in [4.69, 9.17) is 5.11 Å². The standard InChI is InChI=1S/C9H12F2O6/c1-4(12)16-6-3-15-8(14)9(10,11)7(6)17-5(2)13/h6-8,14H,3H2,1-2H3/t6-,7-,8?/m0/s1.